The first kappa shape index (κ1) is 20.2. The fourth-order valence-corrected chi connectivity index (χ4v) is 3.34. The van der Waals surface area contributed by atoms with E-state index in [-0.39, 0.29) is 17.9 Å². The maximum absolute atomic E-state index is 13.1. The first-order valence-corrected chi connectivity index (χ1v) is 8.55. The van der Waals surface area contributed by atoms with Crippen molar-refractivity contribution in [2.45, 2.75) is 38.8 Å². The van der Waals surface area contributed by atoms with E-state index in [2.05, 4.69) is 20.1 Å². The number of hydroxylamine groups is 2. The highest BCUT2D eigenvalue weighted by Crippen LogP contribution is 2.41. The summed E-state index contributed by atoms with van der Waals surface area (Å²) in [4.78, 5) is 12.3. The summed E-state index contributed by atoms with van der Waals surface area (Å²) in [5.74, 6) is -0.950. The maximum atomic E-state index is 13.1. The van der Waals surface area contributed by atoms with Crippen molar-refractivity contribution in [3.05, 3.63) is 60.2 Å². The lowest BCUT2D eigenvalue weighted by molar-refractivity contribution is -0.138. The summed E-state index contributed by atoms with van der Waals surface area (Å²) in [7, 11) is 0. The Kier molecular flexibility index (Phi) is 5.96. The Morgan fingerprint density at radius 2 is 1.92 bits per heavy atom. The van der Waals surface area contributed by atoms with Crippen LogP contribution in [0.25, 0.3) is 0 Å². The molecule has 142 valence electrons. The average molecular weight is 367 g/mol. The molecule has 0 aliphatic heterocycles. The van der Waals surface area contributed by atoms with Crippen LogP contribution in [0, 0.1) is 11.3 Å². The number of rotatable bonds is 5. The number of benzene rings is 1. The van der Waals surface area contributed by atoms with Crippen LogP contribution in [-0.2, 0) is 6.18 Å². The number of halogens is 3. The Balaban J connectivity index is 2.04. The van der Waals surface area contributed by atoms with Crippen LogP contribution in [0.4, 0.5) is 13.2 Å². The fourth-order valence-electron chi connectivity index (χ4n) is 3.34. The number of nitrogens with zero attached hydrogens (tertiary/aromatic N) is 1. The molecule has 1 saturated carbocycles. The van der Waals surface area contributed by atoms with Gasteiger partial charge in [0, 0.05) is 0 Å². The van der Waals surface area contributed by atoms with Crippen LogP contribution in [0.1, 0.15) is 48.5 Å². The van der Waals surface area contributed by atoms with Gasteiger partial charge >= 0.3 is 6.18 Å². The van der Waals surface area contributed by atoms with Crippen molar-refractivity contribution in [1.82, 2.24) is 5.06 Å². The van der Waals surface area contributed by atoms with E-state index in [0.29, 0.717) is 10.6 Å². The molecule has 1 amide bonds. The van der Waals surface area contributed by atoms with Gasteiger partial charge in [0.15, 0.2) is 0 Å². The summed E-state index contributed by atoms with van der Waals surface area (Å²) >= 11 is 0. The van der Waals surface area contributed by atoms with Gasteiger partial charge in [-0.1, -0.05) is 37.3 Å². The third-order valence-electron chi connectivity index (χ3n) is 5.25. The van der Waals surface area contributed by atoms with Crippen molar-refractivity contribution in [3.63, 3.8) is 0 Å². The molecule has 1 N–H and O–H groups in total. The molecule has 2 rings (SSSR count). The van der Waals surface area contributed by atoms with Gasteiger partial charge in [-0.2, -0.15) is 13.2 Å². The smallest absolute Gasteiger partial charge is 0.285 e. The van der Waals surface area contributed by atoms with E-state index in [4.69, 9.17) is 0 Å². The van der Waals surface area contributed by atoms with Crippen molar-refractivity contribution in [3.8, 4) is 0 Å². The number of carbonyl (C=O) groups is 1. The first-order valence-electron chi connectivity index (χ1n) is 8.55. The molecule has 0 atom stereocenters. The van der Waals surface area contributed by atoms with Crippen molar-refractivity contribution >= 4 is 5.91 Å². The minimum absolute atomic E-state index is 0.0805. The van der Waals surface area contributed by atoms with Gasteiger partial charge in [0.25, 0.3) is 5.91 Å². The lowest BCUT2D eigenvalue weighted by atomic mass is 9.70. The summed E-state index contributed by atoms with van der Waals surface area (Å²) in [6, 6.07) is 4.43. The minimum Gasteiger partial charge on any atom is -0.285 e. The SMILES string of the molecule is C=CC1(C)CCC(C(=C)CN(O)C(=O)c2ccccc2C(F)(F)F)CC1. The van der Waals surface area contributed by atoms with E-state index in [9.17, 15) is 23.2 Å². The van der Waals surface area contributed by atoms with Gasteiger partial charge in [-0.05, 0) is 49.1 Å². The van der Waals surface area contributed by atoms with E-state index in [0.717, 1.165) is 37.8 Å². The Bertz CT molecular complexity index is 689. The zero-order valence-corrected chi connectivity index (χ0v) is 14.9. The van der Waals surface area contributed by atoms with E-state index in [1.807, 2.05) is 6.08 Å². The quantitative estimate of drug-likeness (QED) is 0.426. The van der Waals surface area contributed by atoms with Gasteiger partial charge in [-0.15, -0.1) is 6.58 Å². The summed E-state index contributed by atoms with van der Waals surface area (Å²) in [6.07, 6.45) is 0.836. The molecule has 0 saturated heterocycles. The molecule has 26 heavy (non-hydrogen) atoms. The van der Waals surface area contributed by atoms with Crippen molar-refractivity contribution in [2.24, 2.45) is 11.3 Å². The highest BCUT2D eigenvalue weighted by molar-refractivity contribution is 5.95. The van der Waals surface area contributed by atoms with Gasteiger partial charge in [-0.3, -0.25) is 10.0 Å². The van der Waals surface area contributed by atoms with Crippen LogP contribution in [0.3, 0.4) is 0 Å². The van der Waals surface area contributed by atoms with E-state index in [1.165, 1.54) is 12.1 Å². The number of hydrogen-bond acceptors (Lipinski definition) is 2. The molecule has 0 heterocycles. The van der Waals surface area contributed by atoms with Crippen molar-refractivity contribution in [1.29, 1.82) is 0 Å². The molecule has 3 nitrogen and oxygen atoms in total. The molecule has 0 bridgehead atoms. The third-order valence-corrected chi connectivity index (χ3v) is 5.25. The molecule has 1 fully saturated rings. The molecule has 1 aromatic rings. The molecule has 0 unspecified atom stereocenters. The second kappa shape index (κ2) is 7.66. The molecule has 1 aromatic carbocycles. The monoisotopic (exact) mass is 367 g/mol. The van der Waals surface area contributed by atoms with Gasteiger partial charge in [0.1, 0.15) is 0 Å². The van der Waals surface area contributed by atoms with Gasteiger partial charge in [-0.25, -0.2) is 5.06 Å². The standard InChI is InChI=1S/C20H24F3NO2/c1-4-19(3)11-9-15(10-12-19)14(2)13-24(26)18(25)16-7-5-6-8-17(16)20(21,22)23/h4-8,15,26H,1-2,9-13H2,3H3. The molecule has 6 heteroatoms. The lowest BCUT2D eigenvalue weighted by Crippen LogP contribution is -2.33. The van der Waals surface area contributed by atoms with Crippen molar-refractivity contribution < 1.29 is 23.2 Å². The first-order chi connectivity index (χ1) is 12.1. The predicted molar refractivity (Wildman–Crippen MR) is 93.7 cm³/mol. The largest absolute Gasteiger partial charge is 0.417 e. The van der Waals surface area contributed by atoms with Gasteiger partial charge < -0.3 is 0 Å². The summed E-state index contributed by atoms with van der Waals surface area (Å²) in [5.41, 5.74) is -0.902. The Morgan fingerprint density at radius 3 is 2.46 bits per heavy atom. The molecule has 0 spiro atoms. The van der Waals surface area contributed by atoms with Crippen LogP contribution in [0.15, 0.2) is 49.1 Å². The second-order valence-electron chi connectivity index (χ2n) is 7.20. The maximum Gasteiger partial charge on any atom is 0.417 e. The molecule has 0 aromatic heterocycles. The molecular weight excluding hydrogens is 343 g/mol. The van der Waals surface area contributed by atoms with E-state index >= 15 is 0 Å². The summed E-state index contributed by atoms with van der Waals surface area (Å²) in [6.45, 7) is 9.74. The zero-order valence-electron chi connectivity index (χ0n) is 14.9. The Hall–Kier alpha value is -2.08. The van der Waals surface area contributed by atoms with Crippen LogP contribution < -0.4 is 0 Å². The second-order valence-corrected chi connectivity index (χ2v) is 7.20. The van der Waals surface area contributed by atoms with Crippen LogP contribution in [0.5, 0.6) is 0 Å². The average Bonchev–Trinajstić information content (AvgIpc) is 2.60. The molecular formula is C20H24F3NO2. The summed E-state index contributed by atoms with van der Waals surface area (Å²) < 4.78 is 39.2. The number of amides is 1. The lowest BCUT2D eigenvalue weighted by Gasteiger charge is -2.36. The van der Waals surface area contributed by atoms with Crippen LogP contribution >= 0.6 is 0 Å². The van der Waals surface area contributed by atoms with Crippen LogP contribution in [-0.4, -0.2) is 22.7 Å². The third kappa shape index (κ3) is 4.55. The zero-order chi connectivity index (χ0) is 19.5. The van der Waals surface area contributed by atoms with Gasteiger partial charge in [0.05, 0.1) is 17.7 Å². The van der Waals surface area contributed by atoms with Crippen LogP contribution in [0.2, 0.25) is 0 Å². The Morgan fingerprint density at radius 1 is 1.35 bits per heavy atom. The molecule has 1 aliphatic rings. The van der Waals surface area contributed by atoms with E-state index in [1.54, 1.807) is 0 Å². The fraction of sp³-hybridized carbons (Fsp3) is 0.450. The highest BCUT2D eigenvalue weighted by Gasteiger charge is 2.36. The number of allylic oxidation sites excluding steroid dienone is 1. The van der Waals surface area contributed by atoms with Gasteiger partial charge in [0.2, 0.25) is 0 Å². The normalized spacial score (nSPS) is 23.3. The Labute approximate surface area is 151 Å². The number of alkyl halides is 3. The molecule has 0 radical (unpaired) electrons. The predicted octanol–water partition coefficient (Wildman–Crippen LogP) is 5.48. The topological polar surface area (TPSA) is 40.5 Å². The summed E-state index contributed by atoms with van der Waals surface area (Å²) in [5, 5.41) is 10.4. The van der Waals surface area contributed by atoms with Crippen molar-refractivity contribution in [2.75, 3.05) is 6.54 Å². The number of carbonyl (C=O) groups excluding carboxylic acids is 1. The van der Waals surface area contributed by atoms with E-state index < -0.39 is 23.2 Å². The number of hydrogen-bond donors (Lipinski definition) is 1. The minimum atomic E-state index is -4.66. The highest BCUT2D eigenvalue weighted by atomic mass is 19.4. The molecule has 1 aliphatic carbocycles.